The maximum atomic E-state index is 12.1. The minimum absolute atomic E-state index is 0.000802. The lowest BCUT2D eigenvalue weighted by Crippen LogP contribution is -2.24. The summed E-state index contributed by atoms with van der Waals surface area (Å²) in [4.78, 5) is 15.9. The molecule has 6 nitrogen and oxygen atoms in total. The Bertz CT molecular complexity index is 627. The fraction of sp³-hybridized carbons (Fsp3) is 0.214. The van der Waals surface area contributed by atoms with Crippen molar-refractivity contribution < 1.29 is 14.4 Å². The molecule has 1 aromatic heterocycles. The third-order valence-electron chi connectivity index (χ3n) is 2.45. The van der Waals surface area contributed by atoms with Gasteiger partial charge < -0.3 is 14.9 Å². The third-order valence-corrected chi connectivity index (χ3v) is 2.45. The first-order valence-corrected chi connectivity index (χ1v) is 6.03. The number of nitrogens with one attached hydrogen (secondary N) is 1. The molecule has 0 atom stereocenters. The first-order valence-electron chi connectivity index (χ1n) is 6.03. The van der Waals surface area contributed by atoms with Crippen molar-refractivity contribution in [2.24, 2.45) is 0 Å². The molecular formula is C14H13N3O3. The summed E-state index contributed by atoms with van der Waals surface area (Å²) in [7, 11) is 0. The average molecular weight is 271 g/mol. The van der Waals surface area contributed by atoms with Gasteiger partial charge in [-0.25, -0.2) is 0 Å². The van der Waals surface area contributed by atoms with E-state index in [1.54, 1.807) is 24.3 Å². The van der Waals surface area contributed by atoms with Gasteiger partial charge in [-0.2, -0.15) is 4.98 Å². The number of hydrogen-bond donors (Lipinski definition) is 2. The van der Waals surface area contributed by atoms with Gasteiger partial charge in [0.1, 0.15) is 0 Å². The minimum atomic E-state index is -0.260. The maximum absolute atomic E-state index is 12.1. The summed E-state index contributed by atoms with van der Waals surface area (Å²) >= 11 is 0. The molecule has 0 saturated heterocycles. The molecule has 0 aliphatic carbocycles. The number of benzene rings is 1. The first-order chi connectivity index (χ1) is 9.81. The highest BCUT2D eigenvalue weighted by atomic mass is 16.5. The number of aliphatic hydroxyl groups excluding tert-OH is 1. The Hall–Kier alpha value is -2.65. The molecule has 2 rings (SSSR count). The third kappa shape index (κ3) is 3.67. The molecule has 0 spiro atoms. The number of nitrogens with zero attached hydrogens (tertiary/aromatic N) is 2. The number of rotatable bonds is 4. The van der Waals surface area contributed by atoms with Crippen molar-refractivity contribution in [2.75, 3.05) is 6.61 Å². The Labute approximate surface area is 115 Å². The van der Waals surface area contributed by atoms with Crippen LogP contribution in [0.15, 0.2) is 35.2 Å². The van der Waals surface area contributed by atoms with Crippen molar-refractivity contribution in [2.45, 2.75) is 13.0 Å². The zero-order valence-electron chi connectivity index (χ0n) is 10.7. The Kier molecular flexibility index (Phi) is 4.87. The minimum Gasteiger partial charge on any atom is -0.395 e. The van der Waals surface area contributed by atoms with Crippen molar-refractivity contribution in [3.05, 3.63) is 47.6 Å². The van der Waals surface area contributed by atoms with Crippen molar-refractivity contribution in [1.82, 2.24) is 15.5 Å². The van der Waals surface area contributed by atoms with Crippen LogP contribution in [0.1, 0.15) is 28.2 Å². The van der Waals surface area contributed by atoms with Crippen molar-refractivity contribution in [1.29, 1.82) is 0 Å². The van der Waals surface area contributed by atoms with E-state index >= 15 is 0 Å². The zero-order chi connectivity index (χ0) is 14.2. The monoisotopic (exact) mass is 271 g/mol. The second-order valence-corrected chi connectivity index (χ2v) is 3.85. The molecule has 2 aromatic rings. The smallest absolute Gasteiger partial charge is 0.252 e. The molecule has 0 radical (unpaired) electrons. The van der Waals surface area contributed by atoms with Crippen LogP contribution in [0, 0.1) is 11.8 Å². The number of carbonyl (C=O) groups is 1. The molecule has 2 N–H and O–H groups in total. The molecule has 0 fully saturated rings. The van der Waals surface area contributed by atoms with E-state index in [0.717, 1.165) is 0 Å². The average Bonchev–Trinajstić information content (AvgIpc) is 2.99. The number of hydrogen-bond acceptors (Lipinski definition) is 5. The van der Waals surface area contributed by atoms with E-state index in [-0.39, 0.29) is 19.1 Å². The molecule has 0 saturated carbocycles. The Balaban J connectivity index is 2.07. The fourth-order valence-electron chi connectivity index (χ4n) is 1.53. The van der Waals surface area contributed by atoms with Crippen LogP contribution < -0.4 is 5.32 Å². The molecule has 0 bridgehead atoms. The molecular weight excluding hydrogens is 258 g/mol. The normalized spacial score (nSPS) is 9.65. The summed E-state index contributed by atoms with van der Waals surface area (Å²) in [6, 6.07) is 7.02. The van der Waals surface area contributed by atoms with Crippen LogP contribution in [-0.2, 0) is 6.54 Å². The second-order valence-electron chi connectivity index (χ2n) is 3.85. The number of carbonyl (C=O) groups excluding carboxylic acids is 1. The van der Waals surface area contributed by atoms with Crippen LogP contribution in [-0.4, -0.2) is 27.8 Å². The van der Waals surface area contributed by atoms with Gasteiger partial charge in [-0.05, 0) is 12.1 Å². The van der Waals surface area contributed by atoms with E-state index in [4.69, 9.17) is 5.11 Å². The highest BCUT2D eigenvalue weighted by Crippen LogP contribution is 2.07. The van der Waals surface area contributed by atoms with Gasteiger partial charge in [0.05, 0.1) is 18.7 Å². The Morgan fingerprint density at radius 1 is 1.40 bits per heavy atom. The predicted octanol–water partition coefficient (Wildman–Crippen LogP) is 0.734. The predicted molar refractivity (Wildman–Crippen MR) is 70.5 cm³/mol. The van der Waals surface area contributed by atoms with Gasteiger partial charge in [-0.1, -0.05) is 29.1 Å². The Morgan fingerprint density at radius 2 is 2.25 bits per heavy atom. The zero-order valence-corrected chi connectivity index (χ0v) is 10.7. The highest BCUT2D eigenvalue weighted by Gasteiger charge is 2.10. The lowest BCUT2D eigenvalue weighted by Gasteiger charge is -2.04. The second kappa shape index (κ2) is 7.07. The van der Waals surface area contributed by atoms with Crippen LogP contribution in [0.4, 0.5) is 0 Å². The van der Waals surface area contributed by atoms with Gasteiger partial charge in [0, 0.05) is 12.0 Å². The molecule has 1 amide bonds. The molecule has 1 aromatic carbocycles. The van der Waals surface area contributed by atoms with Crippen LogP contribution in [0.3, 0.4) is 0 Å². The lowest BCUT2D eigenvalue weighted by atomic mass is 10.1. The summed E-state index contributed by atoms with van der Waals surface area (Å²) < 4.78 is 4.58. The van der Waals surface area contributed by atoms with Crippen LogP contribution in [0.2, 0.25) is 0 Å². The van der Waals surface area contributed by atoms with Gasteiger partial charge in [-0.3, -0.25) is 4.79 Å². The van der Waals surface area contributed by atoms with Gasteiger partial charge in [0.25, 0.3) is 5.91 Å². The van der Waals surface area contributed by atoms with Gasteiger partial charge in [-0.15, -0.1) is 0 Å². The maximum Gasteiger partial charge on any atom is 0.252 e. The van der Waals surface area contributed by atoms with Crippen molar-refractivity contribution >= 4 is 5.91 Å². The summed E-state index contributed by atoms with van der Waals surface area (Å²) in [6.07, 6.45) is 1.58. The van der Waals surface area contributed by atoms with E-state index in [0.29, 0.717) is 23.4 Å². The molecule has 20 heavy (non-hydrogen) atoms. The summed E-state index contributed by atoms with van der Waals surface area (Å²) in [5.41, 5.74) is 1.09. The van der Waals surface area contributed by atoms with E-state index in [1.165, 1.54) is 6.39 Å². The van der Waals surface area contributed by atoms with E-state index in [1.807, 2.05) is 0 Å². The number of aromatic nitrogens is 2. The summed E-state index contributed by atoms with van der Waals surface area (Å²) in [5.74, 6) is 5.81. The van der Waals surface area contributed by atoms with Crippen molar-refractivity contribution in [3.63, 3.8) is 0 Å². The highest BCUT2D eigenvalue weighted by molar-refractivity contribution is 5.96. The molecule has 102 valence electrons. The SMILES string of the molecule is O=C(NCc1ncon1)c1ccccc1C#CCCO. The van der Waals surface area contributed by atoms with Crippen LogP contribution in [0.5, 0.6) is 0 Å². The quantitative estimate of drug-likeness (QED) is 0.800. The molecule has 6 heteroatoms. The number of amides is 1. The van der Waals surface area contributed by atoms with Gasteiger partial charge >= 0.3 is 0 Å². The molecule has 1 heterocycles. The summed E-state index contributed by atoms with van der Waals surface area (Å²) in [6.45, 7) is 0.187. The van der Waals surface area contributed by atoms with Gasteiger partial charge in [0.2, 0.25) is 6.39 Å². The lowest BCUT2D eigenvalue weighted by molar-refractivity contribution is 0.0949. The first kappa shape index (κ1) is 13.8. The van der Waals surface area contributed by atoms with E-state index in [2.05, 4.69) is 31.8 Å². The van der Waals surface area contributed by atoms with Crippen LogP contribution in [0.25, 0.3) is 0 Å². The summed E-state index contributed by atoms with van der Waals surface area (Å²) in [5, 5.41) is 15.0. The van der Waals surface area contributed by atoms with E-state index in [9.17, 15) is 4.79 Å². The van der Waals surface area contributed by atoms with Gasteiger partial charge in [0.15, 0.2) is 5.82 Å². The van der Waals surface area contributed by atoms with E-state index < -0.39 is 0 Å². The largest absolute Gasteiger partial charge is 0.395 e. The fourth-order valence-corrected chi connectivity index (χ4v) is 1.53. The van der Waals surface area contributed by atoms with Crippen molar-refractivity contribution in [3.8, 4) is 11.8 Å². The standard InChI is InChI=1S/C14H13N3O3/c18-8-4-3-6-11-5-1-2-7-12(11)14(19)15-9-13-16-10-20-17-13/h1-2,5,7,10,18H,4,8-9H2,(H,15,19). The topological polar surface area (TPSA) is 88.3 Å². The molecule has 0 aliphatic rings. The van der Waals surface area contributed by atoms with Crippen LogP contribution >= 0.6 is 0 Å². The molecule has 0 unspecified atom stereocenters. The molecule has 0 aliphatic heterocycles. The Morgan fingerprint density at radius 3 is 3.00 bits per heavy atom. The number of aliphatic hydroxyl groups is 1.